The first-order chi connectivity index (χ1) is 10.6. The Bertz CT molecular complexity index is 1000. The van der Waals surface area contributed by atoms with Gasteiger partial charge in [-0.05, 0) is 48.0 Å². The number of hydrogen-bond donors (Lipinski definition) is 1. The fraction of sp³-hybridized carbons (Fsp3) is 0. The standard InChI is InChI=1S/C18H10F3N/c19-11-3-1-10(2-4-11)14-8-15-13-6-5-12(20)7-17(13)22-18(15)9-16(14)21/h1-9,22H. The summed E-state index contributed by atoms with van der Waals surface area (Å²) in [6, 6.07) is 13.2. The first-order valence-corrected chi connectivity index (χ1v) is 6.78. The zero-order chi connectivity index (χ0) is 15.3. The van der Waals surface area contributed by atoms with Crippen LogP contribution < -0.4 is 0 Å². The van der Waals surface area contributed by atoms with Gasteiger partial charge in [0.15, 0.2) is 0 Å². The van der Waals surface area contributed by atoms with Crippen LogP contribution in [-0.4, -0.2) is 4.98 Å². The lowest BCUT2D eigenvalue weighted by atomic mass is 10.0. The molecule has 0 aliphatic carbocycles. The van der Waals surface area contributed by atoms with Crippen molar-refractivity contribution < 1.29 is 13.2 Å². The second-order valence-electron chi connectivity index (χ2n) is 5.20. The fourth-order valence-corrected chi connectivity index (χ4v) is 2.75. The predicted octanol–water partition coefficient (Wildman–Crippen LogP) is 5.41. The second-order valence-corrected chi connectivity index (χ2v) is 5.20. The highest BCUT2D eigenvalue weighted by Gasteiger charge is 2.12. The molecule has 1 N–H and O–H groups in total. The highest BCUT2D eigenvalue weighted by molar-refractivity contribution is 6.08. The maximum absolute atomic E-state index is 14.3. The van der Waals surface area contributed by atoms with E-state index in [1.165, 1.54) is 42.5 Å². The van der Waals surface area contributed by atoms with Crippen molar-refractivity contribution in [2.24, 2.45) is 0 Å². The van der Waals surface area contributed by atoms with Crippen LogP contribution in [0.15, 0.2) is 54.6 Å². The van der Waals surface area contributed by atoms with Crippen molar-refractivity contribution in [1.29, 1.82) is 0 Å². The quantitative estimate of drug-likeness (QED) is 0.484. The van der Waals surface area contributed by atoms with E-state index in [0.29, 0.717) is 22.2 Å². The van der Waals surface area contributed by atoms with E-state index in [1.54, 1.807) is 12.1 Å². The largest absolute Gasteiger partial charge is 0.354 e. The van der Waals surface area contributed by atoms with Crippen LogP contribution in [0.4, 0.5) is 13.2 Å². The summed E-state index contributed by atoms with van der Waals surface area (Å²) in [6.45, 7) is 0. The third-order valence-electron chi connectivity index (χ3n) is 3.80. The number of aromatic amines is 1. The molecular formula is C18H10F3N. The molecule has 0 unspecified atom stereocenters. The van der Waals surface area contributed by atoms with Gasteiger partial charge in [0, 0.05) is 27.4 Å². The summed E-state index contributed by atoms with van der Waals surface area (Å²) < 4.78 is 40.6. The number of rotatable bonds is 1. The van der Waals surface area contributed by atoms with Crippen LogP contribution >= 0.6 is 0 Å². The van der Waals surface area contributed by atoms with Crippen molar-refractivity contribution in [1.82, 2.24) is 4.98 Å². The lowest BCUT2D eigenvalue weighted by molar-refractivity contribution is 0.626. The Labute approximate surface area is 124 Å². The van der Waals surface area contributed by atoms with E-state index in [1.807, 2.05) is 0 Å². The molecule has 0 amide bonds. The summed E-state index contributed by atoms with van der Waals surface area (Å²) in [7, 11) is 0. The molecule has 1 nitrogen and oxygen atoms in total. The average Bonchev–Trinajstić information content (AvgIpc) is 2.83. The first kappa shape index (κ1) is 13.0. The molecule has 0 atom stereocenters. The summed E-state index contributed by atoms with van der Waals surface area (Å²) in [4.78, 5) is 3.01. The Kier molecular flexibility index (Phi) is 2.73. The van der Waals surface area contributed by atoms with E-state index < -0.39 is 5.82 Å². The van der Waals surface area contributed by atoms with Gasteiger partial charge in [-0.1, -0.05) is 12.1 Å². The van der Waals surface area contributed by atoms with Gasteiger partial charge in [-0.3, -0.25) is 0 Å². The van der Waals surface area contributed by atoms with Gasteiger partial charge in [0.05, 0.1) is 0 Å². The van der Waals surface area contributed by atoms with Crippen molar-refractivity contribution in [3.05, 3.63) is 72.0 Å². The van der Waals surface area contributed by atoms with E-state index >= 15 is 0 Å². The summed E-state index contributed by atoms with van der Waals surface area (Å²) in [5.41, 5.74) is 2.20. The van der Waals surface area contributed by atoms with E-state index in [4.69, 9.17) is 0 Å². The molecule has 0 aliphatic rings. The smallest absolute Gasteiger partial charge is 0.133 e. The van der Waals surface area contributed by atoms with Crippen LogP contribution in [0.25, 0.3) is 32.9 Å². The van der Waals surface area contributed by atoms with Crippen molar-refractivity contribution in [2.75, 3.05) is 0 Å². The van der Waals surface area contributed by atoms with Crippen molar-refractivity contribution >= 4 is 21.8 Å². The van der Waals surface area contributed by atoms with Crippen LogP contribution in [0.1, 0.15) is 0 Å². The third-order valence-corrected chi connectivity index (χ3v) is 3.80. The third kappa shape index (κ3) is 1.96. The number of benzene rings is 3. The van der Waals surface area contributed by atoms with Gasteiger partial charge in [0.25, 0.3) is 0 Å². The highest BCUT2D eigenvalue weighted by atomic mass is 19.1. The predicted molar refractivity (Wildman–Crippen MR) is 81.1 cm³/mol. The minimum Gasteiger partial charge on any atom is -0.354 e. The Morgan fingerprint density at radius 1 is 0.636 bits per heavy atom. The van der Waals surface area contributed by atoms with Crippen molar-refractivity contribution in [3.63, 3.8) is 0 Å². The minimum absolute atomic E-state index is 0.349. The van der Waals surface area contributed by atoms with Gasteiger partial charge in [0.1, 0.15) is 17.5 Å². The van der Waals surface area contributed by atoms with Crippen LogP contribution in [0.5, 0.6) is 0 Å². The van der Waals surface area contributed by atoms with Gasteiger partial charge in [-0.15, -0.1) is 0 Å². The Hall–Kier alpha value is -2.75. The maximum atomic E-state index is 14.3. The van der Waals surface area contributed by atoms with Gasteiger partial charge < -0.3 is 4.98 Å². The molecule has 0 bridgehead atoms. The van der Waals surface area contributed by atoms with Crippen LogP contribution in [0.2, 0.25) is 0 Å². The first-order valence-electron chi connectivity index (χ1n) is 6.78. The van der Waals surface area contributed by atoms with Crippen molar-refractivity contribution in [2.45, 2.75) is 0 Å². The minimum atomic E-state index is -0.411. The molecular weight excluding hydrogens is 287 g/mol. The number of hydrogen-bond acceptors (Lipinski definition) is 0. The topological polar surface area (TPSA) is 15.8 Å². The zero-order valence-corrected chi connectivity index (χ0v) is 11.3. The molecule has 0 spiro atoms. The number of aromatic nitrogens is 1. The number of H-pyrrole nitrogens is 1. The van der Waals surface area contributed by atoms with E-state index in [9.17, 15) is 13.2 Å². The van der Waals surface area contributed by atoms with Gasteiger partial charge >= 0.3 is 0 Å². The fourth-order valence-electron chi connectivity index (χ4n) is 2.75. The molecule has 0 saturated carbocycles. The van der Waals surface area contributed by atoms with Gasteiger partial charge in [-0.25, -0.2) is 13.2 Å². The zero-order valence-electron chi connectivity index (χ0n) is 11.3. The summed E-state index contributed by atoms with van der Waals surface area (Å²) >= 11 is 0. The molecule has 3 aromatic carbocycles. The maximum Gasteiger partial charge on any atom is 0.133 e. The van der Waals surface area contributed by atoms with Crippen LogP contribution in [0, 0.1) is 17.5 Å². The SMILES string of the molecule is Fc1ccc(-c2cc3c(cc2F)[nH]c2cc(F)ccc23)cc1. The molecule has 1 aromatic heterocycles. The van der Waals surface area contributed by atoms with Crippen LogP contribution in [-0.2, 0) is 0 Å². The molecule has 1 heterocycles. The normalized spacial score (nSPS) is 11.4. The average molecular weight is 297 g/mol. The molecule has 4 heteroatoms. The molecule has 0 radical (unpaired) electrons. The molecule has 0 fully saturated rings. The molecule has 22 heavy (non-hydrogen) atoms. The Balaban J connectivity index is 2.01. The highest BCUT2D eigenvalue weighted by Crippen LogP contribution is 2.32. The van der Waals surface area contributed by atoms with E-state index in [-0.39, 0.29) is 11.6 Å². The molecule has 4 rings (SSSR count). The van der Waals surface area contributed by atoms with E-state index in [0.717, 1.165) is 10.8 Å². The number of halogens is 3. The summed E-state index contributed by atoms with van der Waals surface area (Å²) in [5.74, 6) is -1.13. The second kappa shape index (κ2) is 4.63. The van der Waals surface area contributed by atoms with Crippen LogP contribution in [0.3, 0.4) is 0 Å². The molecule has 4 aromatic rings. The van der Waals surface area contributed by atoms with Crippen molar-refractivity contribution in [3.8, 4) is 11.1 Å². The monoisotopic (exact) mass is 297 g/mol. The lowest BCUT2D eigenvalue weighted by Crippen LogP contribution is -1.85. The number of fused-ring (bicyclic) bond motifs is 3. The number of nitrogens with one attached hydrogen (secondary N) is 1. The molecule has 0 aliphatic heterocycles. The lowest BCUT2D eigenvalue weighted by Gasteiger charge is -2.04. The Morgan fingerprint density at radius 2 is 1.32 bits per heavy atom. The molecule has 108 valence electrons. The summed E-state index contributed by atoms with van der Waals surface area (Å²) in [5, 5.41) is 1.62. The van der Waals surface area contributed by atoms with E-state index in [2.05, 4.69) is 4.98 Å². The molecule has 0 saturated heterocycles. The van der Waals surface area contributed by atoms with Gasteiger partial charge in [-0.2, -0.15) is 0 Å². The van der Waals surface area contributed by atoms with Gasteiger partial charge in [0.2, 0.25) is 0 Å². The summed E-state index contributed by atoms with van der Waals surface area (Å²) in [6.07, 6.45) is 0. The Morgan fingerprint density at radius 3 is 2.09 bits per heavy atom.